The van der Waals surface area contributed by atoms with Crippen LogP contribution in [0.25, 0.3) is 22.1 Å². The third kappa shape index (κ3) is 7.98. The molecule has 9 rings (SSSR count). The average molecular weight is 760 g/mol. The Labute approximate surface area is 321 Å². The largest absolute Gasteiger partial charge is 0.396 e. The number of allylic oxidation sites excluding steroid dienone is 1. The molecule has 1 aliphatic carbocycles. The molecule has 54 heavy (non-hydrogen) atoms. The SMILES string of the molecule is C.C=C1Cc2c(c3cncnc3n2CCN2CCCC(CO)C2)CN1C.Cc1cnc2c(c1)c1c(n2CCN2CCS(=O)(=O)CC2)CC(C)N(C2CC2)C1. The van der Waals surface area contributed by atoms with E-state index in [1.54, 1.807) is 6.33 Å². The van der Waals surface area contributed by atoms with Crippen molar-refractivity contribution in [1.29, 1.82) is 0 Å². The topological polar surface area (TPSA) is 116 Å². The summed E-state index contributed by atoms with van der Waals surface area (Å²) in [6.07, 6.45) is 12.5. The van der Waals surface area contributed by atoms with E-state index < -0.39 is 9.84 Å². The number of rotatable bonds is 8. The van der Waals surface area contributed by atoms with E-state index in [0.717, 1.165) is 94.7 Å². The zero-order chi connectivity index (χ0) is 36.9. The van der Waals surface area contributed by atoms with Gasteiger partial charge in [-0.2, -0.15) is 0 Å². The summed E-state index contributed by atoms with van der Waals surface area (Å²) in [5.74, 6) is 1.02. The number of fused-ring (bicyclic) bond motifs is 6. The van der Waals surface area contributed by atoms with Crippen molar-refractivity contribution in [2.24, 2.45) is 5.92 Å². The molecule has 8 heterocycles. The molecule has 4 aliphatic heterocycles. The third-order valence-corrected chi connectivity index (χ3v) is 14.1. The lowest BCUT2D eigenvalue weighted by Gasteiger charge is -2.34. The summed E-state index contributed by atoms with van der Waals surface area (Å²) in [6, 6.07) is 3.64. The number of aliphatic hydroxyl groups is 1. The summed E-state index contributed by atoms with van der Waals surface area (Å²) in [5, 5.41) is 11.9. The van der Waals surface area contributed by atoms with E-state index in [0.29, 0.717) is 43.2 Å². The first-order valence-electron chi connectivity index (χ1n) is 19.8. The van der Waals surface area contributed by atoms with Crippen LogP contribution >= 0.6 is 0 Å². The molecular weight excluding hydrogens is 699 g/mol. The Bertz CT molecular complexity index is 2070. The molecule has 0 spiro atoms. The standard InChI is InChI=1S/C21H30N4O2S.C19H27N5O.CH4/c1-15-11-18-19-14-25(17-3-4-17)16(2)12-20(19)24(21(18)22-13-15)6-5-23-7-9-28(26,27)10-8-23;1-14-8-18-17(11-22(14)2)16-9-20-13-21-19(16)24(18)7-6-23-5-3-4-15(10-23)12-25;/h11,13,16-17H,3-10,12,14H2,1-2H3;9,13,15,25H,1,3-8,10-12H2,2H3;1H4. The number of piperidine rings is 1. The van der Waals surface area contributed by atoms with Crippen LogP contribution in [0.4, 0.5) is 0 Å². The van der Waals surface area contributed by atoms with Crippen molar-refractivity contribution in [3.8, 4) is 0 Å². The fourth-order valence-electron chi connectivity index (χ4n) is 9.18. The molecule has 4 aromatic rings. The summed E-state index contributed by atoms with van der Waals surface area (Å²) < 4.78 is 28.2. The molecule has 2 saturated heterocycles. The minimum Gasteiger partial charge on any atom is -0.396 e. The molecule has 2 unspecified atom stereocenters. The molecule has 0 bridgehead atoms. The molecule has 1 saturated carbocycles. The van der Waals surface area contributed by atoms with Gasteiger partial charge in [0, 0.05) is 143 Å². The number of pyridine rings is 1. The van der Waals surface area contributed by atoms with Gasteiger partial charge in [0.05, 0.1) is 11.5 Å². The van der Waals surface area contributed by atoms with Crippen molar-refractivity contribution in [3.05, 3.63) is 65.1 Å². The zero-order valence-corrected chi connectivity index (χ0v) is 32.7. The monoisotopic (exact) mass is 759 g/mol. The number of likely N-dealkylation sites (N-methyl/N-ethyl adjacent to an activating group) is 1. The molecule has 12 nitrogen and oxygen atoms in total. The predicted molar refractivity (Wildman–Crippen MR) is 216 cm³/mol. The number of hydrogen-bond donors (Lipinski definition) is 1. The van der Waals surface area contributed by atoms with Gasteiger partial charge < -0.3 is 24.0 Å². The first-order valence-corrected chi connectivity index (χ1v) is 21.6. The first kappa shape index (κ1) is 38.9. The van der Waals surface area contributed by atoms with Crippen LogP contribution in [0, 0.1) is 12.8 Å². The number of nitrogens with zero attached hydrogens (tertiary/aromatic N) is 9. The molecule has 294 valence electrons. The number of aryl methyl sites for hydroxylation is 1. The molecule has 0 radical (unpaired) electrons. The van der Waals surface area contributed by atoms with Crippen LogP contribution in [0.1, 0.15) is 68.1 Å². The van der Waals surface area contributed by atoms with E-state index >= 15 is 0 Å². The van der Waals surface area contributed by atoms with Crippen LogP contribution in [0.15, 0.2) is 37.1 Å². The van der Waals surface area contributed by atoms with Gasteiger partial charge in [0.1, 0.15) is 17.6 Å². The van der Waals surface area contributed by atoms with E-state index in [1.165, 1.54) is 58.1 Å². The third-order valence-electron chi connectivity index (χ3n) is 12.5. The fourth-order valence-corrected chi connectivity index (χ4v) is 10.5. The molecule has 1 N–H and O–H groups in total. The summed E-state index contributed by atoms with van der Waals surface area (Å²) in [5.41, 5.74) is 10.1. The van der Waals surface area contributed by atoms with E-state index in [4.69, 9.17) is 4.98 Å². The maximum atomic E-state index is 11.7. The van der Waals surface area contributed by atoms with Crippen molar-refractivity contribution in [2.45, 2.75) is 98.1 Å². The van der Waals surface area contributed by atoms with Gasteiger partial charge in [-0.1, -0.05) is 14.0 Å². The van der Waals surface area contributed by atoms with Crippen molar-refractivity contribution in [3.63, 3.8) is 0 Å². The van der Waals surface area contributed by atoms with E-state index in [9.17, 15) is 13.5 Å². The number of aliphatic hydroxyl groups excluding tert-OH is 1. The molecular formula is C41H61N9O3S. The van der Waals surface area contributed by atoms with Gasteiger partial charge in [-0.05, 0) is 69.2 Å². The van der Waals surface area contributed by atoms with Crippen molar-refractivity contribution < 1.29 is 13.5 Å². The Kier molecular flexibility index (Phi) is 11.5. The molecule has 3 fully saturated rings. The Hall–Kier alpha value is -3.36. The smallest absolute Gasteiger partial charge is 0.152 e. The van der Waals surface area contributed by atoms with Crippen LogP contribution in [0.2, 0.25) is 0 Å². The highest BCUT2D eigenvalue weighted by Gasteiger charge is 2.37. The second kappa shape index (κ2) is 16.0. The quantitative estimate of drug-likeness (QED) is 0.280. The first-order chi connectivity index (χ1) is 25.6. The number of sulfone groups is 1. The fraction of sp³-hybridized carbons (Fsp3) is 0.634. The molecule has 4 aromatic heterocycles. The summed E-state index contributed by atoms with van der Waals surface area (Å²) in [6.45, 7) is 18.1. The zero-order valence-electron chi connectivity index (χ0n) is 31.9. The second-order valence-corrected chi connectivity index (χ2v) is 18.6. The van der Waals surface area contributed by atoms with Crippen molar-refractivity contribution >= 4 is 31.9 Å². The van der Waals surface area contributed by atoms with Gasteiger partial charge in [0.2, 0.25) is 0 Å². The maximum absolute atomic E-state index is 11.7. The minimum atomic E-state index is -2.82. The van der Waals surface area contributed by atoms with E-state index in [2.05, 4.69) is 72.2 Å². The highest BCUT2D eigenvalue weighted by Crippen LogP contribution is 2.38. The van der Waals surface area contributed by atoms with Gasteiger partial charge in [0.25, 0.3) is 0 Å². The summed E-state index contributed by atoms with van der Waals surface area (Å²) in [4.78, 5) is 23.3. The number of likely N-dealkylation sites (tertiary alicyclic amines) is 1. The maximum Gasteiger partial charge on any atom is 0.152 e. The normalized spacial score (nSPS) is 23.5. The Morgan fingerprint density at radius 3 is 2.33 bits per heavy atom. The minimum absolute atomic E-state index is 0. The Morgan fingerprint density at radius 2 is 1.59 bits per heavy atom. The lowest BCUT2D eigenvalue weighted by atomic mass is 9.99. The molecule has 0 aromatic carbocycles. The second-order valence-electron chi connectivity index (χ2n) is 16.3. The van der Waals surface area contributed by atoms with Gasteiger partial charge in [0.15, 0.2) is 9.84 Å². The lowest BCUT2D eigenvalue weighted by molar-refractivity contribution is 0.118. The van der Waals surface area contributed by atoms with Crippen molar-refractivity contribution in [1.82, 2.24) is 43.7 Å². The van der Waals surface area contributed by atoms with Crippen LogP contribution in [-0.4, -0.2) is 134 Å². The summed E-state index contributed by atoms with van der Waals surface area (Å²) in [7, 11) is -0.725. The molecule has 0 amide bonds. The molecule has 2 atom stereocenters. The van der Waals surface area contributed by atoms with Gasteiger partial charge in [-0.15, -0.1) is 0 Å². The average Bonchev–Trinajstić information content (AvgIpc) is 3.90. The van der Waals surface area contributed by atoms with Crippen molar-refractivity contribution in [2.75, 3.05) is 64.4 Å². The van der Waals surface area contributed by atoms with Crippen LogP contribution in [0.3, 0.4) is 0 Å². The summed E-state index contributed by atoms with van der Waals surface area (Å²) >= 11 is 0. The Balaban J connectivity index is 0.000000165. The molecule has 5 aliphatic rings. The lowest BCUT2D eigenvalue weighted by Crippen LogP contribution is -2.42. The van der Waals surface area contributed by atoms with Gasteiger partial charge in [-0.3, -0.25) is 9.80 Å². The molecule has 13 heteroatoms. The van der Waals surface area contributed by atoms with Crippen LogP contribution in [0.5, 0.6) is 0 Å². The van der Waals surface area contributed by atoms with E-state index in [1.807, 2.05) is 12.4 Å². The van der Waals surface area contributed by atoms with Gasteiger partial charge >= 0.3 is 0 Å². The Morgan fingerprint density at radius 1 is 0.889 bits per heavy atom. The highest BCUT2D eigenvalue weighted by molar-refractivity contribution is 7.91. The number of hydrogen-bond acceptors (Lipinski definition) is 10. The highest BCUT2D eigenvalue weighted by atomic mass is 32.2. The van der Waals surface area contributed by atoms with Crippen LogP contribution in [-0.2, 0) is 48.9 Å². The van der Waals surface area contributed by atoms with E-state index in [-0.39, 0.29) is 7.43 Å². The van der Waals surface area contributed by atoms with Gasteiger partial charge in [-0.25, -0.2) is 23.4 Å². The number of aromatic nitrogens is 5. The predicted octanol–water partition coefficient (Wildman–Crippen LogP) is 4.26. The van der Waals surface area contributed by atoms with Crippen LogP contribution < -0.4 is 0 Å².